The summed E-state index contributed by atoms with van der Waals surface area (Å²) in [5.74, 6) is 0.531. The van der Waals surface area contributed by atoms with Crippen molar-refractivity contribution in [2.45, 2.75) is 62.8 Å². The molecule has 11 heteroatoms. The fourth-order valence-corrected chi connectivity index (χ4v) is 5.26. The van der Waals surface area contributed by atoms with Gasteiger partial charge in [0.15, 0.2) is 11.6 Å². The van der Waals surface area contributed by atoms with Crippen LogP contribution in [0.3, 0.4) is 0 Å². The minimum Gasteiger partial charge on any atom is -0.507 e. The monoisotopic (exact) mass is 456 g/mol. The Hall–Kier alpha value is -3.21. The van der Waals surface area contributed by atoms with Crippen molar-refractivity contribution in [3.05, 3.63) is 24.4 Å². The van der Waals surface area contributed by atoms with E-state index < -0.39 is 18.7 Å². The molecule has 2 aromatic heterocycles. The van der Waals surface area contributed by atoms with E-state index in [0.717, 1.165) is 19.3 Å². The van der Waals surface area contributed by atoms with Gasteiger partial charge in [0.05, 0.1) is 24.8 Å². The lowest BCUT2D eigenvalue weighted by Gasteiger charge is -2.56. The number of rotatable bonds is 4. The smallest absolute Gasteiger partial charge is 0.205 e. The molecule has 0 unspecified atom stereocenters. The van der Waals surface area contributed by atoms with Crippen molar-refractivity contribution < 1.29 is 13.6 Å². The second kappa shape index (κ2) is 7.68. The fourth-order valence-electron chi connectivity index (χ4n) is 5.26. The Labute approximate surface area is 195 Å². The molecular formula is C22H28FN9O. The van der Waals surface area contributed by atoms with Crippen molar-refractivity contribution in [3.8, 4) is 28.5 Å². The van der Waals surface area contributed by atoms with Crippen LogP contribution in [-0.2, 0) is 6.98 Å². The van der Waals surface area contributed by atoms with Gasteiger partial charge in [-0.3, -0.25) is 0 Å². The second-order valence-electron chi connectivity index (χ2n) is 9.52. The number of aromatic hydroxyl groups is 1. The van der Waals surface area contributed by atoms with E-state index in [-0.39, 0.29) is 29.0 Å². The third-order valence-corrected chi connectivity index (χ3v) is 6.94. The molecule has 10 nitrogen and oxygen atoms in total. The number of nitrogens with zero attached hydrogens (tertiary/aromatic N) is 8. The van der Waals surface area contributed by atoms with Gasteiger partial charge in [0.25, 0.3) is 0 Å². The molecule has 2 aliphatic rings. The molecule has 0 aliphatic carbocycles. The normalized spacial score (nSPS) is 30.8. The molecule has 33 heavy (non-hydrogen) atoms. The zero-order valence-electron chi connectivity index (χ0n) is 21.7. The Balaban J connectivity index is 1.36. The summed E-state index contributed by atoms with van der Waals surface area (Å²) in [5, 5.41) is 33.7. The first-order valence-electron chi connectivity index (χ1n) is 12.4. The summed E-state index contributed by atoms with van der Waals surface area (Å²) in [5.41, 5.74) is -0.0126. The van der Waals surface area contributed by atoms with Crippen LogP contribution in [0.2, 0.25) is 0 Å². The van der Waals surface area contributed by atoms with E-state index >= 15 is 4.39 Å². The molecular weight excluding hydrogens is 425 g/mol. The summed E-state index contributed by atoms with van der Waals surface area (Å²) < 4.78 is 37.6. The van der Waals surface area contributed by atoms with Crippen LogP contribution in [0.4, 0.5) is 10.2 Å². The third-order valence-electron chi connectivity index (χ3n) is 6.94. The van der Waals surface area contributed by atoms with Gasteiger partial charge in [-0.05, 0) is 56.9 Å². The van der Waals surface area contributed by atoms with Crippen LogP contribution in [0.25, 0.3) is 22.8 Å². The summed E-state index contributed by atoms with van der Waals surface area (Å²) in [6.45, 7) is 1.55. The largest absolute Gasteiger partial charge is 0.507 e. The van der Waals surface area contributed by atoms with Crippen LogP contribution in [0.15, 0.2) is 24.4 Å². The molecule has 2 saturated heterocycles. The molecule has 0 radical (unpaired) electrons. The number of tetrazole rings is 1. The van der Waals surface area contributed by atoms with Crippen molar-refractivity contribution in [1.29, 1.82) is 0 Å². The van der Waals surface area contributed by atoms with Gasteiger partial charge in [-0.2, -0.15) is 4.80 Å². The van der Waals surface area contributed by atoms with Crippen LogP contribution >= 0.6 is 0 Å². The van der Waals surface area contributed by atoms with Crippen molar-refractivity contribution in [3.63, 3.8) is 0 Å². The number of piperidine rings is 2. The number of benzene rings is 1. The maximum absolute atomic E-state index is 15.6. The Morgan fingerprint density at radius 1 is 1.24 bits per heavy atom. The highest BCUT2D eigenvalue weighted by Crippen LogP contribution is 2.43. The summed E-state index contributed by atoms with van der Waals surface area (Å²) in [4.78, 5) is 6.70. The molecule has 0 saturated carbocycles. The standard InChI is InChI=1S/C22H28FN9O/c1-21-8-5-9-22(2,29-21)18(23)15(11-21)31(3)17-12-24-20(26-25-17)14-7-6-13(10-16(14)33)19-27-30-32(4)28-19/h6-7,10,12,15,18,29,33H,5,8-9,11H2,1-4H3/t15-,18-,21-,22+/m0/s1/i4D3. The van der Waals surface area contributed by atoms with E-state index in [0.29, 0.717) is 28.2 Å². The average molecular weight is 457 g/mol. The lowest BCUT2D eigenvalue weighted by molar-refractivity contribution is 0.00193. The van der Waals surface area contributed by atoms with Crippen LogP contribution in [0, 0.1) is 0 Å². The van der Waals surface area contributed by atoms with Gasteiger partial charge in [-0.25, -0.2) is 9.37 Å². The molecule has 4 atom stereocenters. The first-order chi connectivity index (χ1) is 16.9. The van der Waals surface area contributed by atoms with Crippen molar-refractivity contribution in [2.75, 3.05) is 11.9 Å². The quantitative estimate of drug-likeness (QED) is 0.609. The van der Waals surface area contributed by atoms with Gasteiger partial charge >= 0.3 is 0 Å². The predicted octanol–water partition coefficient (Wildman–Crippen LogP) is 2.27. The number of phenols is 1. The van der Waals surface area contributed by atoms with E-state index in [9.17, 15) is 5.11 Å². The Bertz CT molecular complexity index is 1270. The summed E-state index contributed by atoms with van der Waals surface area (Å²) >= 11 is 0. The zero-order chi connectivity index (χ0) is 25.9. The molecule has 174 valence electrons. The number of anilines is 1. The highest BCUT2D eigenvalue weighted by Gasteiger charge is 2.53. The Morgan fingerprint density at radius 3 is 2.79 bits per heavy atom. The number of aromatic nitrogens is 7. The van der Waals surface area contributed by atoms with Gasteiger partial charge in [0.2, 0.25) is 5.82 Å². The highest BCUT2D eigenvalue weighted by molar-refractivity contribution is 5.69. The van der Waals surface area contributed by atoms with Gasteiger partial charge < -0.3 is 15.3 Å². The number of alkyl halides is 1. The second-order valence-corrected chi connectivity index (χ2v) is 9.52. The van der Waals surface area contributed by atoms with Gasteiger partial charge in [0, 0.05) is 27.8 Å². The number of hydrogen-bond acceptors (Lipinski definition) is 9. The van der Waals surface area contributed by atoms with Gasteiger partial charge in [0.1, 0.15) is 11.9 Å². The Morgan fingerprint density at radius 2 is 2.09 bits per heavy atom. The van der Waals surface area contributed by atoms with E-state index in [1.165, 1.54) is 12.3 Å². The molecule has 1 aromatic carbocycles. The maximum Gasteiger partial charge on any atom is 0.205 e. The van der Waals surface area contributed by atoms with Crippen LogP contribution in [0.1, 0.15) is 43.6 Å². The van der Waals surface area contributed by atoms with Crippen molar-refractivity contribution >= 4 is 5.82 Å². The average Bonchev–Trinajstić information content (AvgIpc) is 3.32. The lowest BCUT2D eigenvalue weighted by Crippen LogP contribution is -2.72. The molecule has 0 amide bonds. The van der Waals surface area contributed by atoms with Crippen molar-refractivity contribution in [2.24, 2.45) is 6.98 Å². The number of aryl methyl sites for hydroxylation is 1. The molecule has 2 aliphatic heterocycles. The van der Waals surface area contributed by atoms with Crippen molar-refractivity contribution in [1.82, 2.24) is 40.7 Å². The number of fused-ring (bicyclic) bond motifs is 2. The van der Waals surface area contributed by atoms with Crippen LogP contribution in [-0.4, -0.2) is 70.8 Å². The molecule has 4 heterocycles. The number of hydrogen-bond donors (Lipinski definition) is 2. The fraction of sp³-hybridized carbons (Fsp3) is 0.545. The van der Waals surface area contributed by atoms with Crippen LogP contribution < -0.4 is 10.2 Å². The molecule has 2 bridgehead atoms. The molecule has 2 fully saturated rings. The summed E-state index contributed by atoms with van der Waals surface area (Å²) in [6.07, 6.45) is 3.88. The minimum absolute atomic E-state index is 0.0545. The first-order valence-corrected chi connectivity index (χ1v) is 10.9. The summed E-state index contributed by atoms with van der Waals surface area (Å²) in [6, 6.07) is 4.17. The maximum atomic E-state index is 15.6. The number of halogens is 1. The van der Waals surface area contributed by atoms with Crippen LogP contribution in [0.5, 0.6) is 5.75 Å². The molecule has 0 spiro atoms. The molecule has 3 aromatic rings. The van der Waals surface area contributed by atoms with Gasteiger partial charge in [-0.15, -0.1) is 20.4 Å². The van der Waals surface area contributed by atoms with E-state index in [4.69, 9.17) is 4.11 Å². The highest BCUT2D eigenvalue weighted by atomic mass is 19.1. The van der Waals surface area contributed by atoms with E-state index in [1.807, 2.05) is 14.0 Å². The predicted molar refractivity (Wildman–Crippen MR) is 120 cm³/mol. The topological polar surface area (TPSA) is 118 Å². The molecule has 2 N–H and O–H groups in total. The number of phenolic OH excluding ortho intramolecular Hbond substituents is 1. The first kappa shape index (κ1) is 18.2. The third kappa shape index (κ3) is 3.79. The lowest BCUT2D eigenvalue weighted by atomic mass is 9.68. The van der Waals surface area contributed by atoms with E-state index in [2.05, 4.69) is 42.8 Å². The SMILES string of the molecule is [2H]C([2H])([2H])n1nnc(-c2ccc(-c3ncc(N(C)[C@H]4C[C@]5(C)CCC[C@@](C)(N5)[C@H]4F)nn3)c(O)c2)n1. The molecule has 5 rings (SSSR count). The zero-order valence-corrected chi connectivity index (χ0v) is 18.7. The Kier molecular flexibility index (Phi) is 4.25. The summed E-state index contributed by atoms with van der Waals surface area (Å²) in [7, 11) is 1.81. The van der Waals surface area contributed by atoms with E-state index in [1.54, 1.807) is 17.0 Å². The number of nitrogens with one attached hydrogen (secondary N) is 1. The minimum atomic E-state index is -2.55. The van der Waals surface area contributed by atoms with Gasteiger partial charge in [-0.1, -0.05) is 6.07 Å².